The van der Waals surface area contributed by atoms with Crippen molar-refractivity contribution in [3.8, 4) is 0 Å². The van der Waals surface area contributed by atoms with Crippen LogP contribution in [0.2, 0.25) is 0 Å². The molecule has 3 rings (SSSR count). The van der Waals surface area contributed by atoms with E-state index in [4.69, 9.17) is 0 Å². The van der Waals surface area contributed by atoms with Gasteiger partial charge in [-0.05, 0) is 36.6 Å². The van der Waals surface area contributed by atoms with Gasteiger partial charge in [-0.15, -0.1) is 0 Å². The Hall–Kier alpha value is -2.15. The summed E-state index contributed by atoms with van der Waals surface area (Å²) in [4.78, 5) is 14.7. The van der Waals surface area contributed by atoms with Gasteiger partial charge < -0.3 is 4.90 Å². The molecule has 1 atom stereocenters. The van der Waals surface area contributed by atoms with E-state index in [1.54, 1.807) is 30.5 Å². The molecule has 1 fully saturated rings. The zero-order valence-corrected chi connectivity index (χ0v) is 14.4. The maximum absolute atomic E-state index is 12.9. The Kier molecular flexibility index (Phi) is 4.71. The van der Waals surface area contributed by atoms with Gasteiger partial charge in [0.15, 0.2) is 9.84 Å². The lowest BCUT2D eigenvalue weighted by Crippen LogP contribution is -2.38. The van der Waals surface area contributed by atoms with Crippen molar-refractivity contribution in [3.05, 3.63) is 53.9 Å². The summed E-state index contributed by atoms with van der Waals surface area (Å²) in [7, 11) is -3.12. The highest BCUT2D eigenvalue weighted by Gasteiger charge is 2.29. The monoisotopic (exact) mass is 347 g/mol. The topological polar surface area (TPSA) is 72.3 Å². The quantitative estimate of drug-likeness (QED) is 0.826. The molecule has 0 saturated carbocycles. The molecule has 0 spiro atoms. The molecule has 0 bridgehead atoms. The minimum absolute atomic E-state index is 0.0417. The molecule has 1 aliphatic rings. The predicted octanol–water partition coefficient (Wildman–Crippen LogP) is 1.73. The van der Waals surface area contributed by atoms with Crippen LogP contribution in [0.3, 0.4) is 0 Å². The Balaban J connectivity index is 1.76. The number of rotatable bonds is 5. The fourth-order valence-electron chi connectivity index (χ4n) is 3.18. The molecule has 1 amide bonds. The third-order valence-corrected chi connectivity index (χ3v) is 5.06. The van der Waals surface area contributed by atoms with Crippen LogP contribution in [0.5, 0.6) is 0 Å². The Labute approximate surface area is 142 Å². The van der Waals surface area contributed by atoms with Crippen LogP contribution in [0, 0.1) is 0 Å². The van der Waals surface area contributed by atoms with Gasteiger partial charge in [-0.25, -0.2) is 8.42 Å². The first kappa shape index (κ1) is 16.7. The number of aromatic nitrogens is 2. The molecular formula is C17H21N3O3S. The van der Waals surface area contributed by atoms with Gasteiger partial charge >= 0.3 is 0 Å². The summed E-state index contributed by atoms with van der Waals surface area (Å²) in [5, 5.41) is 4.21. The summed E-state index contributed by atoms with van der Waals surface area (Å²) >= 11 is 0. The summed E-state index contributed by atoms with van der Waals surface area (Å²) in [5.74, 6) is -0.0924. The van der Waals surface area contributed by atoms with Gasteiger partial charge in [0.2, 0.25) is 0 Å². The van der Waals surface area contributed by atoms with Crippen molar-refractivity contribution < 1.29 is 13.2 Å². The van der Waals surface area contributed by atoms with Gasteiger partial charge in [-0.2, -0.15) is 5.10 Å². The van der Waals surface area contributed by atoms with Crippen LogP contribution in [0.4, 0.5) is 0 Å². The van der Waals surface area contributed by atoms with Crippen molar-refractivity contribution in [1.29, 1.82) is 0 Å². The van der Waals surface area contributed by atoms with Crippen LogP contribution in [-0.2, 0) is 22.1 Å². The predicted molar refractivity (Wildman–Crippen MR) is 91.3 cm³/mol. The second kappa shape index (κ2) is 6.76. The molecule has 2 aromatic rings. The van der Waals surface area contributed by atoms with Crippen LogP contribution < -0.4 is 0 Å². The molecule has 1 aliphatic heterocycles. The van der Waals surface area contributed by atoms with E-state index >= 15 is 0 Å². The SMILES string of the molecule is CS(=O)(=O)Cc1cccc(C(=O)N2CCC[C@H]2Cn2cccn2)c1. The molecule has 24 heavy (non-hydrogen) atoms. The minimum atomic E-state index is -3.12. The van der Waals surface area contributed by atoms with Crippen molar-refractivity contribution >= 4 is 15.7 Å². The summed E-state index contributed by atoms with van der Waals surface area (Å²) in [6, 6.07) is 8.91. The summed E-state index contributed by atoms with van der Waals surface area (Å²) < 4.78 is 24.8. The molecule has 0 unspecified atom stereocenters. The van der Waals surface area contributed by atoms with Crippen LogP contribution in [0.1, 0.15) is 28.8 Å². The number of hydrogen-bond donors (Lipinski definition) is 0. The second-order valence-electron chi connectivity index (χ2n) is 6.29. The zero-order chi connectivity index (χ0) is 17.2. The number of carbonyl (C=O) groups excluding carboxylic acids is 1. The van der Waals surface area contributed by atoms with E-state index in [-0.39, 0.29) is 17.7 Å². The largest absolute Gasteiger partial charge is 0.334 e. The fraction of sp³-hybridized carbons (Fsp3) is 0.412. The van der Waals surface area contributed by atoms with Gasteiger partial charge in [0.1, 0.15) is 0 Å². The zero-order valence-electron chi connectivity index (χ0n) is 13.6. The van der Waals surface area contributed by atoms with E-state index in [9.17, 15) is 13.2 Å². The molecule has 0 aliphatic carbocycles. The molecule has 1 aromatic heterocycles. The third-order valence-electron chi connectivity index (χ3n) is 4.20. The highest BCUT2D eigenvalue weighted by atomic mass is 32.2. The Morgan fingerprint density at radius 3 is 2.88 bits per heavy atom. The average Bonchev–Trinajstić information content (AvgIpc) is 3.17. The maximum atomic E-state index is 12.9. The van der Waals surface area contributed by atoms with Gasteiger partial charge in [0.05, 0.1) is 18.3 Å². The first-order valence-corrected chi connectivity index (χ1v) is 10.0. The van der Waals surface area contributed by atoms with Crippen molar-refractivity contribution in [2.45, 2.75) is 31.2 Å². The van der Waals surface area contributed by atoms with Crippen molar-refractivity contribution in [2.75, 3.05) is 12.8 Å². The molecule has 128 valence electrons. The highest BCUT2D eigenvalue weighted by Crippen LogP contribution is 2.22. The number of sulfone groups is 1. The van der Waals surface area contributed by atoms with E-state index < -0.39 is 9.84 Å². The van der Waals surface area contributed by atoms with Gasteiger partial charge in [0.25, 0.3) is 5.91 Å². The first-order chi connectivity index (χ1) is 11.4. The Morgan fingerprint density at radius 2 is 2.17 bits per heavy atom. The van der Waals surface area contributed by atoms with Crippen molar-refractivity contribution in [2.24, 2.45) is 0 Å². The van der Waals surface area contributed by atoms with Crippen LogP contribution in [0.25, 0.3) is 0 Å². The van der Waals surface area contributed by atoms with Gasteiger partial charge in [0, 0.05) is 30.8 Å². The number of carbonyl (C=O) groups is 1. The molecule has 2 heterocycles. The summed E-state index contributed by atoms with van der Waals surface area (Å²) in [6.07, 6.45) is 6.75. The van der Waals surface area contributed by atoms with Crippen LogP contribution in [0.15, 0.2) is 42.7 Å². The van der Waals surface area contributed by atoms with Crippen LogP contribution in [-0.4, -0.2) is 47.8 Å². The Bertz CT molecular complexity index is 815. The van der Waals surface area contributed by atoms with E-state index in [1.165, 1.54) is 6.26 Å². The van der Waals surface area contributed by atoms with Crippen LogP contribution >= 0.6 is 0 Å². The molecule has 0 radical (unpaired) electrons. The second-order valence-corrected chi connectivity index (χ2v) is 8.43. The van der Waals surface area contributed by atoms with E-state index in [1.807, 2.05) is 21.8 Å². The molecule has 1 aromatic carbocycles. The molecule has 6 nitrogen and oxygen atoms in total. The number of amides is 1. The lowest BCUT2D eigenvalue weighted by molar-refractivity contribution is 0.0721. The van der Waals surface area contributed by atoms with Gasteiger partial charge in [-0.3, -0.25) is 9.48 Å². The molecule has 0 N–H and O–H groups in total. The first-order valence-electron chi connectivity index (χ1n) is 7.97. The number of hydrogen-bond acceptors (Lipinski definition) is 4. The lowest BCUT2D eigenvalue weighted by Gasteiger charge is -2.25. The lowest BCUT2D eigenvalue weighted by atomic mass is 10.1. The van der Waals surface area contributed by atoms with Crippen molar-refractivity contribution in [1.82, 2.24) is 14.7 Å². The van der Waals surface area contributed by atoms with E-state index in [2.05, 4.69) is 5.10 Å². The minimum Gasteiger partial charge on any atom is -0.334 e. The average molecular weight is 347 g/mol. The number of likely N-dealkylation sites (tertiary alicyclic amines) is 1. The molecular weight excluding hydrogens is 326 g/mol. The number of nitrogens with zero attached hydrogens (tertiary/aromatic N) is 3. The maximum Gasteiger partial charge on any atom is 0.254 e. The smallest absolute Gasteiger partial charge is 0.254 e. The van der Waals surface area contributed by atoms with E-state index in [0.29, 0.717) is 17.7 Å². The molecule has 1 saturated heterocycles. The normalized spacial score (nSPS) is 18.0. The highest BCUT2D eigenvalue weighted by molar-refractivity contribution is 7.89. The van der Waals surface area contributed by atoms with Gasteiger partial charge in [-0.1, -0.05) is 12.1 Å². The third kappa shape index (κ3) is 4.03. The van der Waals surface area contributed by atoms with Crippen molar-refractivity contribution in [3.63, 3.8) is 0 Å². The summed E-state index contributed by atoms with van der Waals surface area (Å²) in [6.45, 7) is 1.41. The van der Waals surface area contributed by atoms with E-state index in [0.717, 1.165) is 19.4 Å². The summed E-state index contributed by atoms with van der Waals surface area (Å²) in [5.41, 5.74) is 1.19. The molecule has 7 heteroatoms. The number of benzene rings is 1. The fourth-order valence-corrected chi connectivity index (χ4v) is 3.97. The standard InChI is InChI=1S/C17H21N3O3S/c1-24(22,23)13-14-5-2-6-15(11-14)17(21)20-10-3-7-16(20)12-19-9-4-8-18-19/h2,4-6,8-9,11,16H,3,7,10,12-13H2,1H3/t16-/m0/s1. The Morgan fingerprint density at radius 1 is 1.33 bits per heavy atom.